The molecule has 2 aliphatic rings. The zero-order valence-electron chi connectivity index (χ0n) is 32.8. The maximum Gasteiger partial charge on any atom is 0.335 e. The van der Waals surface area contributed by atoms with Crippen LogP contribution in [0.1, 0.15) is 76.3 Å². The Morgan fingerprint density at radius 2 is 1.67 bits per heavy atom. The monoisotopic (exact) mass is 755 g/mol. The number of aromatic carboxylic acids is 1. The van der Waals surface area contributed by atoms with Gasteiger partial charge in [-0.15, -0.1) is 0 Å². The zero-order chi connectivity index (χ0) is 40.7. The molecule has 2 aromatic rings. The second-order valence-corrected chi connectivity index (χ2v) is 15.9. The van der Waals surface area contributed by atoms with Gasteiger partial charge in [-0.05, 0) is 86.8 Å². The number of ether oxygens (including phenoxy) is 1. The van der Waals surface area contributed by atoms with Gasteiger partial charge in [0.2, 0.25) is 0 Å². The molecule has 4 rings (SSSR count). The number of hydrogen-bond donors (Lipinski definition) is 7. The van der Waals surface area contributed by atoms with E-state index in [1.807, 2.05) is 37.3 Å². The topological polar surface area (TPSA) is 177 Å². The summed E-state index contributed by atoms with van der Waals surface area (Å²) < 4.78 is 5.69. The van der Waals surface area contributed by atoms with E-state index < -0.39 is 41.7 Å². The number of aromatic hydroxyl groups is 1. The Bertz CT molecular complexity index is 1850. The number of hydrogen-bond acceptors (Lipinski definition) is 8. The molecule has 0 radical (unpaired) electrons. The number of benzene rings is 2. The lowest BCUT2D eigenvalue weighted by atomic mass is 9.58. The van der Waals surface area contributed by atoms with Crippen molar-refractivity contribution in [1.29, 1.82) is 0 Å². The number of nitrogens with one attached hydrogen (secondary N) is 1. The molecule has 0 aliphatic heterocycles. The van der Waals surface area contributed by atoms with Crippen molar-refractivity contribution in [3.05, 3.63) is 125 Å². The van der Waals surface area contributed by atoms with E-state index >= 15 is 0 Å². The quantitative estimate of drug-likeness (QED) is 0.0507. The highest BCUT2D eigenvalue weighted by atomic mass is 16.5. The Kier molecular flexibility index (Phi) is 14.1. The normalized spacial score (nSPS) is 26.2. The average molecular weight is 756 g/mol. The molecule has 10 heteroatoms. The summed E-state index contributed by atoms with van der Waals surface area (Å²) in [5, 5.41) is 65.7. The third-order valence-corrected chi connectivity index (χ3v) is 11.3. The summed E-state index contributed by atoms with van der Waals surface area (Å²) in [5.41, 5.74) is 2.05. The van der Waals surface area contributed by atoms with Gasteiger partial charge in [0.1, 0.15) is 11.5 Å². The van der Waals surface area contributed by atoms with Gasteiger partial charge in [0.15, 0.2) is 0 Å². The lowest BCUT2D eigenvalue weighted by molar-refractivity contribution is -0.131. The second kappa shape index (κ2) is 18.2. The number of allylic oxidation sites excluding steroid dienone is 8. The number of rotatable bonds is 16. The number of phenols is 1. The van der Waals surface area contributed by atoms with Gasteiger partial charge < -0.3 is 40.7 Å². The Hall–Kier alpha value is -4.90. The van der Waals surface area contributed by atoms with E-state index in [1.54, 1.807) is 56.3 Å². The maximum absolute atomic E-state index is 12.0. The Morgan fingerprint density at radius 1 is 1.00 bits per heavy atom. The van der Waals surface area contributed by atoms with Gasteiger partial charge in [0, 0.05) is 23.8 Å². The summed E-state index contributed by atoms with van der Waals surface area (Å²) in [6, 6.07) is 11.3. The van der Waals surface area contributed by atoms with Crippen LogP contribution in [-0.2, 0) is 4.79 Å². The lowest BCUT2D eigenvalue weighted by Gasteiger charge is -2.48. The van der Waals surface area contributed by atoms with Crippen molar-refractivity contribution in [1.82, 2.24) is 0 Å². The number of anilines is 1. The van der Waals surface area contributed by atoms with E-state index in [4.69, 9.17) is 9.84 Å². The molecule has 2 aliphatic carbocycles. The molecule has 0 aromatic heterocycles. The summed E-state index contributed by atoms with van der Waals surface area (Å²) in [6.45, 7) is 11.9. The van der Waals surface area contributed by atoms with E-state index in [0.717, 1.165) is 17.2 Å². The number of fused-ring (bicyclic) bond motifs is 1. The maximum atomic E-state index is 12.0. The third-order valence-electron chi connectivity index (χ3n) is 11.3. The van der Waals surface area contributed by atoms with E-state index in [9.17, 15) is 35.1 Å². The number of carboxylic acid groups (broad SMARTS) is 2. The summed E-state index contributed by atoms with van der Waals surface area (Å²) in [4.78, 5) is 22.8. The molecule has 0 amide bonds. The molecule has 0 heterocycles. The number of carboxylic acids is 2. The highest BCUT2D eigenvalue weighted by molar-refractivity contribution is 5.89. The van der Waals surface area contributed by atoms with E-state index in [1.165, 1.54) is 19.3 Å². The smallest absolute Gasteiger partial charge is 0.335 e. The fourth-order valence-corrected chi connectivity index (χ4v) is 8.58. The van der Waals surface area contributed by atoms with Gasteiger partial charge in [0.05, 0.1) is 42.2 Å². The highest BCUT2D eigenvalue weighted by Gasteiger charge is 2.59. The number of aliphatic hydroxyl groups is 3. The molecule has 0 spiro atoms. The Morgan fingerprint density at radius 3 is 2.31 bits per heavy atom. The molecular weight excluding hydrogens is 698 g/mol. The minimum atomic E-state index is -1.06. The fraction of sp³-hybridized carbons (Fsp3) is 0.422. The first-order valence-electron chi connectivity index (χ1n) is 18.7. The lowest BCUT2D eigenvalue weighted by Crippen LogP contribution is -2.44. The number of phenolic OH excluding ortho intramolecular Hbond substituents is 1. The van der Waals surface area contributed by atoms with E-state index in [2.05, 4.69) is 38.2 Å². The first-order valence-corrected chi connectivity index (χ1v) is 18.7. The minimum Gasteiger partial charge on any atom is -0.508 e. The molecule has 296 valence electrons. The number of aliphatic hydroxyl groups excluding tert-OH is 2. The Balaban J connectivity index is 1.67. The largest absolute Gasteiger partial charge is 0.508 e. The van der Waals surface area contributed by atoms with Gasteiger partial charge in [-0.1, -0.05) is 98.7 Å². The van der Waals surface area contributed by atoms with Crippen LogP contribution in [0.3, 0.4) is 0 Å². The van der Waals surface area contributed by atoms with Crippen LogP contribution < -0.4 is 10.1 Å². The van der Waals surface area contributed by atoms with Crippen LogP contribution in [0.15, 0.2) is 114 Å². The predicted molar refractivity (Wildman–Crippen MR) is 215 cm³/mol. The minimum absolute atomic E-state index is 0.0143. The molecule has 1 saturated carbocycles. The SMILES string of the molecule is COc1ccc(C(=O)O)cc1NC(c1ccc(O)cc1)C1C(\C=C/C=C/C=C\C(O)C(C)C(O)C/C=C(C)/C=C/C(=O)O)C(C)=CC2C1C(C)(C)CC2(C)O. The summed E-state index contributed by atoms with van der Waals surface area (Å²) in [6.07, 6.45) is 16.7. The van der Waals surface area contributed by atoms with Crippen molar-refractivity contribution >= 4 is 17.6 Å². The van der Waals surface area contributed by atoms with E-state index in [-0.39, 0.29) is 46.8 Å². The molecule has 0 saturated heterocycles. The van der Waals surface area contributed by atoms with Crippen LogP contribution >= 0.6 is 0 Å². The molecule has 9 atom stereocenters. The molecule has 1 fully saturated rings. The van der Waals surface area contributed by atoms with Gasteiger partial charge in [-0.2, -0.15) is 0 Å². The van der Waals surface area contributed by atoms with Crippen molar-refractivity contribution in [2.75, 3.05) is 12.4 Å². The third kappa shape index (κ3) is 10.7. The van der Waals surface area contributed by atoms with Gasteiger partial charge >= 0.3 is 11.9 Å². The van der Waals surface area contributed by atoms with Crippen LogP contribution in [0.5, 0.6) is 11.5 Å². The van der Waals surface area contributed by atoms with Crippen LogP contribution in [-0.4, -0.2) is 67.5 Å². The van der Waals surface area contributed by atoms with Crippen LogP contribution in [0, 0.1) is 35.0 Å². The average Bonchev–Trinajstić information content (AvgIpc) is 3.31. The van der Waals surface area contributed by atoms with Crippen molar-refractivity contribution in [3.63, 3.8) is 0 Å². The highest BCUT2D eigenvalue weighted by Crippen LogP contribution is 2.62. The summed E-state index contributed by atoms with van der Waals surface area (Å²) >= 11 is 0. The number of carbonyl (C=O) groups is 2. The second-order valence-electron chi connectivity index (χ2n) is 15.9. The van der Waals surface area contributed by atoms with Crippen LogP contribution in [0.25, 0.3) is 0 Å². The first-order chi connectivity index (χ1) is 25.9. The van der Waals surface area contributed by atoms with Gasteiger partial charge in [-0.25, -0.2) is 9.59 Å². The van der Waals surface area contributed by atoms with Gasteiger partial charge in [0.25, 0.3) is 0 Å². The fourth-order valence-electron chi connectivity index (χ4n) is 8.58. The van der Waals surface area contributed by atoms with Crippen molar-refractivity contribution < 1.29 is 45.0 Å². The number of methoxy groups -OCH3 is 1. The molecule has 55 heavy (non-hydrogen) atoms. The molecule has 0 bridgehead atoms. The van der Waals surface area contributed by atoms with Crippen LogP contribution in [0.2, 0.25) is 0 Å². The predicted octanol–water partition coefficient (Wildman–Crippen LogP) is 7.86. The standard InChI is InChI=1S/C45H57NO9/c1-27(15-23-39(50)51)14-21-37(49)29(3)36(48)13-11-9-8-10-12-33-28(2)24-34-41(44(4,5)26-45(34,6)54)40(33)42(30-16-19-32(47)20-17-30)46-35-25-31(43(52)53)18-22-38(35)55-7/h8-20,22-25,29,33-34,36-37,40-42,46-49,54H,21,26H2,1-7H3,(H,50,51)(H,52,53)/b9-8+,12-10-,13-11-,23-15+,27-14+. The molecule has 7 N–H and O–H groups in total. The van der Waals surface area contributed by atoms with Crippen molar-refractivity contribution in [3.8, 4) is 11.5 Å². The van der Waals surface area contributed by atoms with Crippen LogP contribution in [0.4, 0.5) is 5.69 Å². The summed E-state index contributed by atoms with van der Waals surface area (Å²) in [5.74, 6) is -2.41. The zero-order valence-corrected chi connectivity index (χ0v) is 32.8. The molecular formula is C45H57NO9. The summed E-state index contributed by atoms with van der Waals surface area (Å²) in [7, 11) is 1.54. The molecule has 10 nitrogen and oxygen atoms in total. The molecule has 2 aromatic carbocycles. The molecule has 9 unspecified atom stereocenters. The number of aliphatic carboxylic acids is 1. The Labute approximate surface area is 324 Å². The first kappa shape index (κ1) is 42.8. The van der Waals surface area contributed by atoms with Crippen molar-refractivity contribution in [2.24, 2.45) is 35.0 Å². The van der Waals surface area contributed by atoms with Crippen molar-refractivity contribution in [2.45, 2.75) is 78.2 Å². The van der Waals surface area contributed by atoms with Gasteiger partial charge in [-0.3, -0.25) is 0 Å². The van der Waals surface area contributed by atoms with E-state index in [0.29, 0.717) is 23.4 Å².